The molecule has 1 aromatic carbocycles. The first kappa shape index (κ1) is 27.1. The van der Waals surface area contributed by atoms with Crippen molar-refractivity contribution in [2.75, 3.05) is 32.8 Å². The number of benzene rings is 1. The van der Waals surface area contributed by atoms with Crippen molar-refractivity contribution in [2.45, 2.75) is 57.7 Å². The van der Waals surface area contributed by atoms with Gasteiger partial charge in [0.1, 0.15) is 17.2 Å². The second kappa shape index (κ2) is 12.1. The van der Waals surface area contributed by atoms with Crippen LogP contribution >= 0.6 is 0 Å². The molecule has 0 saturated carbocycles. The Kier molecular flexibility index (Phi) is 8.87. The number of likely N-dealkylation sites (tertiary alicyclic amines) is 1. The van der Waals surface area contributed by atoms with E-state index < -0.39 is 29.3 Å². The van der Waals surface area contributed by atoms with Crippen molar-refractivity contribution in [3.05, 3.63) is 47.9 Å². The molecule has 0 bridgehead atoms. The maximum Gasteiger partial charge on any atom is 0.260 e. The Morgan fingerprint density at radius 1 is 1.16 bits per heavy atom. The molecule has 2 aliphatic heterocycles. The molecule has 3 heterocycles. The van der Waals surface area contributed by atoms with Gasteiger partial charge in [-0.2, -0.15) is 0 Å². The molecule has 0 unspecified atom stereocenters. The van der Waals surface area contributed by atoms with E-state index in [-0.39, 0.29) is 5.56 Å². The minimum Gasteiger partial charge on any atom is -0.492 e. The van der Waals surface area contributed by atoms with Crippen LogP contribution in [-0.4, -0.2) is 66.2 Å². The number of hydrogen-bond donors (Lipinski definition) is 2. The number of ether oxygens (including phenoxy) is 1. The summed E-state index contributed by atoms with van der Waals surface area (Å²) < 4.78 is 34.5. The summed E-state index contributed by atoms with van der Waals surface area (Å²) in [7, 11) is 0. The van der Waals surface area contributed by atoms with Crippen molar-refractivity contribution in [1.82, 2.24) is 20.5 Å². The number of rotatable bonds is 8. The molecule has 1 atom stereocenters. The second-order valence-corrected chi connectivity index (χ2v) is 10.6. The second-order valence-electron chi connectivity index (χ2n) is 10.6. The summed E-state index contributed by atoms with van der Waals surface area (Å²) in [6, 6.07) is 7.33. The molecular weight excluding hydrogens is 478 g/mol. The van der Waals surface area contributed by atoms with Gasteiger partial charge in [0.15, 0.2) is 0 Å². The molecule has 7 nitrogen and oxygen atoms in total. The average molecular weight is 515 g/mol. The van der Waals surface area contributed by atoms with E-state index >= 15 is 0 Å². The number of pyridine rings is 1. The van der Waals surface area contributed by atoms with E-state index in [0.29, 0.717) is 42.5 Å². The van der Waals surface area contributed by atoms with Gasteiger partial charge in [-0.3, -0.25) is 19.9 Å². The zero-order valence-electron chi connectivity index (χ0n) is 21.6. The van der Waals surface area contributed by atoms with E-state index in [1.54, 1.807) is 38.2 Å². The van der Waals surface area contributed by atoms with E-state index in [2.05, 4.69) is 20.5 Å². The van der Waals surface area contributed by atoms with Crippen LogP contribution in [0, 0.1) is 11.7 Å². The highest BCUT2D eigenvalue weighted by atomic mass is 19.1. The van der Waals surface area contributed by atoms with Crippen molar-refractivity contribution in [1.29, 1.82) is 0 Å². The summed E-state index contributed by atoms with van der Waals surface area (Å²) in [6.45, 7) is 6.70. The van der Waals surface area contributed by atoms with Crippen LogP contribution in [0.15, 0.2) is 36.5 Å². The maximum absolute atomic E-state index is 14.7. The van der Waals surface area contributed by atoms with Gasteiger partial charge in [0.25, 0.3) is 5.91 Å². The Balaban J connectivity index is 1.28. The standard InChI is InChI=1S/C28H36F2N4O3/c1-28(2,30)18-34-13-10-19(11-14-34)17-37-21-7-9-24(32-16-21)20-6-8-22(23(29)15-20)26(35)33-27(36)25-5-3-4-12-31-25/h6-9,15-16,19,25,31H,3-5,10-14,17-18H2,1-2H3,(H,33,35,36)/t25-/m1/s1. The van der Waals surface area contributed by atoms with Crippen LogP contribution in [0.5, 0.6) is 5.75 Å². The molecular formula is C28H36F2N4O3. The number of imide groups is 1. The van der Waals surface area contributed by atoms with Crippen molar-refractivity contribution in [2.24, 2.45) is 5.92 Å². The van der Waals surface area contributed by atoms with Gasteiger partial charge < -0.3 is 15.0 Å². The summed E-state index contributed by atoms with van der Waals surface area (Å²) >= 11 is 0. The predicted molar refractivity (Wildman–Crippen MR) is 138 cm³/mol. The number of alkyl halides is 1. The number of carbonyl (C=O) groups is 2. The van der Waals surface area contributed by atoms with Gasteiger partial charge in [-0.25, -0.2) is 8.78 Å². The number of nitrogens with one attached hydrogen (secondary N) is 2. The number of piperidine rings is 2. The van der Waals surface area contributed by atoms with Gasteiger partial charge in [0.05, 0.1) is 30.1 Å². The minimum absolute atomic E-state index is 0.186. The third kappa shape index (κ3) is 7.79. The van der Waals surface area contributed by atoms with Crippen LogP contribution in [0.1, 0.15) is 56.3 Å². The molecule has 2 saturated heterocycles. The Morgan fingerprint density at radius 3 is 2.57 bits per heavy atom. The fraction of sp³-hybridized carbons (Fsp3) is 0.536. The molecule has 2 aliphatic rings. The maximum atomic E-state index is 14.7. The fourth-order valence-electron chi connectivity index (χ4n) is 4.89. The van der Waals surface area contributed by atoms with Gasteiger partial charge in [0, 0.05) is 12.1 Å². The average Bonchev–Trinajstić information content (AvgIpc) is 2.88. The molecule has 9 heteroatoms. The lowest BCUT2D eigenvalue weighted by Gasteiger charge is -2.34. The molecule has 0 spiro atoms. The number of aromatic nitrogens is 1. The molecule has 37 heavy (non-hydrogen) atoms. The topological polar surface area (TPSA) is 83.6 Å². The molecule has 4 rings (SSSR count). The quantitative estimate of drug-likeness (QED) is 0.516. The first-order chi connectivity index (χ1) is 17.7. The molecule has 2 fully saturated rings. The summed E-state index contributed by atoms with van der Waals surface area (Å²) in [4.78, 5) is 31.3. The van der Waals surface area contributed by atoms with Gasteiger partial charge in [-0.05, 0) is 89.3 Å². The lowest BCUT2D eigenvalue weighted by molar-refractivity contribution is -0.122. The number of amides is 2. The van der Waals surface area contributed by atoms with Crippen molar-refractivity contribution in [3.8, 4) is 17.0 Å². The van der Waals surface area contributed by atoms with Crippen molar-refractivity contribution in [3.63, 3.8) is 0 Å². The normalized spacial score (nSPS) is 19.4. The Bertz CT molecular complexity index is 1070. The molecule has 0 radical (unpaired) electrons. The molecule has 2 aromatic rings. The lowest BCUT2D eigenvalue weighted by Crippen LogP contribution is -2.48. The third-order valence-corrected chi connectivity index (χ3v) is 6.90. The number of nitrogens with zero attached hydrogens (tertiary/aromatic N) is 2. The SMILES string of the molecule is CC(C)(F)CN1CCC(COc2ccc(-c3ccc(C(=O)NC(=O)[C@H]4CCCCN4)c(F)c3)nc2)CC1. The summed E-state index contributed by atoms with van der Waals surface area (Å²) in [5.74, 6) is -0.865. The number of hydrogen-bond acceptors (Lipinski definition) is 6. The lowest BCUT2D eigenvalue weighted by atomic mass is 9.97. The molecule has 1 aromatic heterocycles. The van der Waals surface area contributed by atoms with Crippen molar-refractivity contribution < 1.29 is 23.1 Å². The Morgan fingerprint density at radius 2 is 1.95 bits per heavy atom. The van der Waals surface area contributed by atoms with E-state index in [1.165, 1.54) is 12.1 Å². The van der Waals surface area contributed by atoms with Gasteiger partial charge in [0.2, 0.25) is 5.91 Å². The summed E-state index contributed by atoms with van der Waals surface area (Å²) in [5, 5.41) is 5.37. The van der Waals surface area contributed by atoms with Gasteiger partial charge in [-0.1, -0.05) is 12.5 Å². The van der Waals surface area contributed by atoms with Crippen LogP contribution in [0.2, 0.25) is 0 Å². The third-order valence-electron chi connectivity index (χ3n) is 6.90. The number of carbonyl (C=O) groups excluding carboxylic acids is 2. The Labute approximate surface area is 217 Å². The van der Waals surface area contributed by atoms with E-state index in [4.69, 9.17) is 4.74 Å². The molecule has 2 N–H and O–H groups in total. The zero-order chi connectivity index (χ0) is 26.4. The largest absolute Gasteiger partial charge is 0.492 e. The molecule has 200 valence electrons. The Hall–Kier alpha value is -2.91. The summed E-state index contributed by atoms with van der Waals surface area (Å²) in [6.07, 6.45) is 6.09. The minimum atomic E-state index is -1.18. The smallest absolute Gasteiger partial charge is 0.260 e. The highest BCUT2D eigenvalue weighted by Gasteiger charge is 2.26. The van der Waals surface area contributed by atoms with Crippen LogP contribution in [0.3, 0.4) is 0 Å². The first-order valence-electron chi connectivity index (χ1n) is 13.1. The van der Waals surface area contributed by atoms with Crippen LogP contribution < -0.4 is 15.4 Å². The zero-order valence-corrected chi connectivity index (χ0v) is 21.6. The number of halogens is 2. The predicted octanol–water partition coefficient (Wildman–Crippen LogP) is 4.13. The first-order valence-corrected chi connectivity index (χ1v) is 13.1. The summed E-state index contributed by atoms with van der Waals surface area (Å²) in [5.41, 5.74) is -0.307. The van der Waals surface area contributed by atoms with E-state index in [1.807, 2.05) is 0 Å². The highest BCUT2D eigenvalue weighted by molar-refractivity contribution is 6.06. The van der Waals surface area contributed by atoms with Crippen molar-refractivity contribution >= 4 is 11.8 Å². The van der Waals surface area contributed by atoms with Gasteiger partial charge >= 0.3 is 0 Å². The fourth-order valence-corrected chi connectivity index (χ4v) is 4.89. The molecule has 2 amide bonds. The van der Waals surface area contributed by atoms with Crippen LogP contribution in [0.25, 0.3) is 11.3 Å². The highest BCUT2D eigenvalue weighted by Crippen LogP contribution is 2.24. The van der Waals surface area contributed by atoms with Gasteiger partial charge in [-0.15, -0.1) is 0 Å². The van der Waals surface area contributed by atoms with E-state index in [9.17, 15) is 18.4 Å². The molecule has 0 aliphatic carbocycles. The van der Waals surface area contributed by atoms with Crippen LogP contribution in [-0.2, 0) is 4.79 Å². The van der Waals surface area contributed by atoms with Crippen LogP contribution in [0.4, 0.5) is 8.78 Å². The van der Waals surface area contributed by atoms with E-state index in [0.717, 1.165) is 45.3 Å². The monoisotopic (exact) mass is 514 g/mol.